The van der Waals surface area contributed by atoms with Gasteiger partial charge in [0.05, 0.1) is 28.7 Å². The standard InChI is InChI=1S/C17H18ClN3O4S/c18-11-1-4-15-14(7-11)17(23)20(10-19-15)8-16(22)21(12-2-3-12)13-5-6-26(24,25)9-13/h1,4,7,10,12-13H,2-3,5-6,8-9H2/t13-/m1/s1. The lowest BCUT2D eigenvalue weighted by molar-refractivity contribution is -0.134. The first-order valence-electron chi connectivity index (χ1n) is 8.50. The fourth-order valence-electron chi connectivity index (χ4n) is 3.52. The van der Waals surface area contributed by atoms with Crippen molar-refractivity contribution >= 4 is 38.2 Å². The number of fused-ring (bicyclic) bond motifs is 1. The van der Waals surface area contributed by atoms with Crippen LogP contribution in [0, 0.1) is 0 Å². The van der Waals surface area contributed by atoms with E-state index in [1.165, 1.54) is 17.0 Å². The summed E-state index contributed by atoms with van der Waals surface area (Å²) in [5.41, 5.74) is 0.185. The lowest BCUT2D eigenvalue weighted by Gasteiger charge is -2.28. The Kier molecular flexibility index (Phi) is 4.27. The van der Waals surface area contributed by atoms with Crippen LogP contribution in [-0.2, 0) is 21.2 Å². The van der Waals surface area contributed by atoms with Crippen LogP contribution in [0.25, 0.3) is 10.9 Å². The lowest BCUT2D eigenvalue weighted by atomic mass is 10.2. The van der Waals surface area contributed by atoms with Crippen molar-refractivity contribution in [1.29, 1.82) is 0 Å². The highest BCUT2D eigenvalue weighted by atomic mass is 35.5. The van der Waals surface area contributed by atoms with Crippen LogP contribution < -0.4 is 5.56 Å². The number of amides is 1. The van der Waals surface area contributed by atoms with Crippen LogP contribution in [0.15, 0.2) is 29.3 Å². The van der Waals surface area contributed by atoms with Crippen molar-refractivity contribution in [2.45, 2.75) is 37.9 Å². The number of nitrogens with zero attached hydrogens (tertiary/aromatic N) is 3. The maximum absolute atomic E-state index is 12.9. The van der Waals surface area contributed by atoms with Crippen molar-refractivity contribution in [3.63, 3.8) is 0 Å². The Hall–Kier alpha value is -1.93. The highest BCUT2D eigenvalue weighted by Crippen LogP contribution is 2.32. The van der Waals surface area contributed by atoms with Gasteiger partial charge in [0.15, 0.2) is 9.84 Å². The molecular formula is C17H18ClN3O4S. The number of aromatic nitrogens is 2. The molecule has 1 aromatic carbocycles. The monoisotopic (exact) mass is 395 g/mol. The zero-order valence-electron chi connectivity index (χ0n) is 14.0. The first-order valence-corrected chi connectivity index (χ1v) is 10.7. The molecule has 1 amide bonds. The van der Waals surface area contributed by atoms with Crippen molar-refractivity contribution in [3.05, 3.63) is 39.9 Å². The number of sulfone groups is 1. The number of hydrogen-bond acceptors (Lipinski definition) is 5. The van der Waals surface area contributed by atoms with E-state index in [0.29, 0.717) is 22.3 Å². The minimum atomic E-state index is -3.08. The molecule has 1 atom stereocenters. The van der Waals surface area contributed by atoms with Gasteiger partial charge in [-0.1, -0.05) is 11.6 Å². The predicted octanol–water partition coefficient (Wildman–Crippen LogP) is 1.23. The van der Waals surface area contributed by atoms with Gasteiger partial charge in [0.1, 0.15) is 6.54 Å². The number of halogens is 1. The lowest BCUT2D eigenvalue weighted by Crippen LogP contribution is -2.45. The van der Waals surface area contributed by atoms with Crippen LogP contribution in [-0.4, -0.2) is 52.4 Å². The van der Waals surface area contributed by atoms with E-state index in [1.54, 1.807) is 17.0 Å². The van der Waals surface area contributed by atoms with Crippen LogP contribution in [0.3, 0.4) is 0 Å². The van der Waals surface area contributed by atoms with E-state index < -0.39 is 9.84 Å². The molecule has 0 N–H and O–H groups in total. The number of benzene rings is 1. The number of rotatable bonds is 4. The SMILES string of the molecule is O=C(Cn1cnc2ccc(Cl)cc2c1=O)N(C1CC1)[C@@H]1CCS(=O)(=O)C1. The maximum Gasteiger partial charge on any atom is 0.261 e. The van der Waals surface area contributed by atoms with Gasteiger partial charge < -0.3 is 4.90 Å². The second-order valence-corrected chi connectivity index (χ2v) is 9.59. The smallest absolute Gasteiger partial charge is 0.261 e. The summed E-state index contributed by atoms with van der Waals surface area (Å²) in [4.78, 5) is 31.4. The summed E-state index contributed by atoms with van der Waals surface area (Å²) in [7, 11) is -3.08. The second kappa shape index (κ2) is 6.35. The summed E-state index contributed by atoms with van der Waals surface area (Å²) in [5.74, 6) is -0.111. The van der Waals surface area contributed by atoms with E-state index >= 15 is 0 Å². The molecule has 2 fully saturated rings. The molecule has 1 aromatic heterocycles. The minimum absolute atomic E-state index is 0.00964. The fourth-order valence-corrected chi connectivity index (χ4v) is 5.41. The van der Waals surface area contributed by atoms with Crippen LogP contribution >= 0.6 is 11.6 Å². The first kappa shape index (κ1) is 17.5. The van der Waals surface area contributed by atoms with E-state index in [0.717, 1.165) is 12.8 Å². The zero-order valence-corrected chi connectivity index (χ0v) is 15.5. The normalized spacial score (nSPS) is 21.8. The summed E-state index contributed by atoms with van der Waals surface area (Å²) in [6, 6.07) is 4.64. The Bertz CT molecular complexity index is 1050. The number of carbonyl (C=O) groups excluding carboxylic acids is 1. The third kappa shape index (κ3) is 3.35. The van der Waals surface area contributed by atoms with Gasteiger partial charge in [0.2, 0.25) is 5.91 Å². The second-order valence-electron chi connectivity index (χ2n) is 6.93. The molecule has 0 bridgehead atoms. The summed E-state index contributed by atoms with van der Waals surface area (Å²) in [5, 5.41) is 0.783. The quantitative estimate of drug-likeness (QED) is 0.776. The molecule has 9 heteroatoms. The van der Waals surface area contributed by atoms with E-state index in [2.05, 4.69) is 4.98 Å². The van der Waals surface area contributed by atoms with Gasteiger partial charge in [-0.25, -0.2) is 13.4 Å². The van der Waals surface area contributed by atoms with Crippen molar-refractivity contribution in [1.82, 2.24) is 14.5 Å². The van der Waals surface area contributed by atoms with Crippen molar-refractivity contribution in [2.24, 2.45) is 0 Å². The van der Waals surface area contributed by atoms with Crippen molar-refractivity contribution in [3.8, 4) is 0 Å². The summed E-state index contributed by atoms with van der Waals surface area (Å²) in [6.07, 6.45) is 3.57. The maximum atomic E-state index is 12.9. The van der Waals surface area contributed by atoms with Gasteiger partial charge >= 0.3 is 0 Å². The van der Waals surface area contributed by atoms with Crippen molar-refractivity contribution < 1.29 is 13.2 Å². The number of carbonyl (C=O) groups is 1. The molecule has 1 saturated heterocycles. The Morgan fingerprint density at radius 1 is 1.27 bits per heavy atom. The van der Waals surface area contributed by atoms with Gasteiger partial charge in [-0.15, -0.1) is 0 Å². The van der Waals surface area contributed by atoms with Gasteiger partial charge in [0.25, 0.3) is 5.56 Å². The third-order valence-corrected chi connectivity index (χ3v) is 6.91. The molecule has 1 aliphatic carbocycles. The third-order valence-electron chi connectivity index (χ3n) is 4.92. The molecule has 1 saturated carbocycles. The van der Waals surface area contributed by atoms with Crippen LogP contribution in [0.4, 0.5) is 0 Å². The average Bonchev–Trinajstić information content (AvgIpc) is 3.34. The molecule has 138 valence electrons. The van der Waals surface area contributed by atoms with Crippen LogP contribution in [0.2, 0.25) is 5.02 Å². The molecule has 2 aliphatic rings. The van der Waals surface area contributed by atoms with Gasteiger partial charge in [-0.2, -0.15) is 0 Å². The molecule has 1 aliphatic heterocycles. The average molecular weight is 396 g/mol. The van der Waals surface area contributed by atoms with E-state index in [1.807, 2.05) is 0 Å². The molecular weight excluding hydrogens is 378 g/mol. The number of hydrogen-bond donors (Lipinski definition) is 0. The van der Waals surface area contributed by atoms with E-state index in [-0.39, 0.29) is 41.6 Å². The molecule has 4 rings (SSSR count). The molecule has 2 heterocycles. The van der Waals surface area contributed by atoms with Crippen LogP contribution in [0.5, 0.6) is 0 Å². The molecule has 7 nitrogen and oxygen atoms in total. The molecule has 0 spiro atoms. The Balaban J connectivity index is 1.61. The minimum Gasteiger partial charge on any atom is -0.334 e. The van der Waals surface area contributed by atoms with E-state index in [9.17, 15) is 18.0 Å². The Morgan fingerprint density at radius 3 is 2.69 bits per heavy atom. The zero-order chi connectivity index (χ0) is 18.5. The first-order chi connectivity index (χ1) is 12.3. The topological polar surface area (TPSA) is 89.3 Å². The summed E-state index contributed by atoms with van der Waals surface area (Å²) < 4.78 is 24.8. The molecule has 0 radical (unpaired) electrons. The Morgan fingerprint density at radius 2 is 2.04 bits per heavy atom. The Labute approximate surface area is 155 Å². The largest absolute Gasteiger partial charge is 0.334 e. The fraction of sp³-hybridized carbons (Fsp3) is 0.471. The van der Waals surface area contributed by atoms with Gasteiger partial charge in [-0.3, -0.25) is 14.2 Å². The van der Waals surface area contributed by atoms with Crippen molar-refractivity contribution in [2.75, 3.05) is 11.5 Å². The van der Waals surface area contributed by atoms with Gasteiger partial charge in [0, 0.05) is 17.1 Å². The molecule has 26 heavy (non-hydrogen) atoms. The van der Waals surface area contributed by atoms with E-state index in [4.69, 9.17) is 11.6 Å². The molecule has 2 aromatic rings. The highest BCUT2D eigenvalue weighted by Gasteiger charge is 2.42. The summed E-state index contributed by atoms with van der Waals surface area (Å²) >= 11 is 5.95. The van der Waals surface area contributed by atoms with Gasteiger partial charge in [-0.05, 0) is 37.5 Å². The predicted molar refractivity (Wildman–Crippen MR) is 97.9 cm³/mol. The highest BCUT2D eigenvalue weighted by molar-refractivity contribution is 7.91. The van der Waals surface area contributed by atoms with Crippen LogP contribution in [0.1, 0.15) is 19.3 Å². The summed E-state index contributed by atoms with van der Waals surface area (Å²) in [6.45, 7) is -0.151. The molecule has 0 unspecified atom stereocenters.